The van der Waals surface area contributed by atoms with E-state index in [4.69, 9.17) is 19.5 Å². The van der Waals surface area contributed by atoms with Crippen LogP contribution in [0.5, 0.6) is 11.5 Å². The topological polar surface area (TPSA) is 92.6 Å². The van der Waals surface area contributed by atoms with E-state index in [0.29, 0.717) is 19.7 Å². The monoisotopic (exact) mass is 345 g/mol. The molecular formula is C18H23N3O4. The number of nitrogens with zero attached hydrogens (tertiary/aromatic N) is 1. The fourth-order valence-corrected chi connectivity index (χ4v) is 2.33. The molecule has 1 fully saturated rings. The second-order valence-electron chi connectivity index (χ2n) is 5.49. The number of benzene rings is 1. The Morgan fingerprint density at radius 3 is 2.80 bits per heavy atom. The summed E-state index contributed by atoms with van der Waals surface area (Å²) in [6, 6.07) is 9.15. The van der Waals surface area contributed by atoms with Crippen LogP contribution in [0.2, 0.25) is 0 Å². The molecule has 0 spiro atoms. The zero-order valence-electron chi connectivity index (χ0n) is 14.3. The second-order valence-corrected chi connectivity index (χ2v) is 5.49. The van der Waals surface area contributed by atoms with Gasteiger partial charge in [-0.15, -0.1) is 0 Å². The molecule has 7 nitrogen and oxygen atoms in total. The number of nitriles is 1. The van der Waals surface area contributed by atoms with Crippen molar-refractivity contribution < 1.29 is 19.0 Å². The largest absolute Gasteiger partial charge is 0.497 e. The smallest absolute Gasteiger partial charge is 0.263 e. The van der Waals surface area contributed by atoms with E-state index in [0.717, 1.165) is 30.9 Å². The van der Waals surface area contributed by atoms with Gasteiger partial charge >= 0.3 is 0 Å². The Hall–Kier alpha value is -2.72. The minimum Gasteiger partial charge on any atom is -0.497 e. The third-order valence-corrected chi connectivity index (χ3v) is 3.70. The molecular weight excluding hydrogens is 322 g/mol. The van der Waals surface area contributed by atoms with Gasteiger partial charge in [0.25, 0.3) is 5.91 Å². The molecule has 0 aromatic heterocycles. The van der Waals surface area contributed by atoms with Crippen molar-refractivity contribution in [2.75, 3.05) is 33.4 Å². The number of methoxy groups -OCH3 is 1. The molecule has 1 atom stereocenters. The molecule has 0 radical (unpaired) electrons. The van der Waals surface area contributed by atoms with Gasteiger partial charge in [0.1, 0.15) is 29.7 Å². The minimum absolute atomic E-state index is 0.0300. The molecule has 7 heteroatoms. The average molecular weight is 345 g/mol. The Labute approximate surface area is 147 Å². The third-order valence-electron chi connectivity index (χ3n) is 3.70. The van der Waals surface area contributed by atoms with Gasteiger partial charge < -0.3 is 24.8 Å². The molecule has 1 saturated heterocycles. The van der Waals surface area contributed by atoms with Crippen LogP contribution in [0.15, 0.2) is 36.0 Å². The van der Waals surface area contributed by atoms with Gasteiger partial charge in [-0.25, -0.2) is 0 Å². The highest BCUT2D eigenvalue weighted by Gasteiger charge is 2.17. The summed E-state index contributed by atoms with van der Waals surface area (Å²) in [6.07, 6.45) is 3.40. The first-order chi connectivity index (χ1) is 12.2. The number of amides is 1. The van der Waals surface area contributed by atoms with Crippen molar-refractivity contribution in [2.45, 2.75) is 18.9 Å². The Bertz CT molecular complexity index is 616. The van der Waals surface area contributed by atoms with Gasteiger partial charge in [-0.3, -0.25) is 4.79 Å². The number of rotatable bonds is 9. The van der Waals surface area contributed by atoms with Crippen LogP contribution in [0.1, 0.15) is 12.8 Å². The first kappa shape index (κ1) is 18.6. The molecule has 1 amide bonds. The molecule has 1 aromatic carbocycles. The number of hydrogen-bond acceptors (Lipinski definition) is 6. The summed E-state index contributed by atoms with van der Waals surface area (Å²) in [4.78, 5) is 11.9. The van der Waals surface area contributed by atoms with Gasteiger partial charge in [0.05, 0.1) is 13.2 Å². The first-order valence-corrected chi connectivity index (χ1v) is 8.23. The van der Waals surface area contributed by atoms with E-state index in [-0.39, 0.29) is 11.7 Å². The zero-order valence-corrected chi connectivity index (χ0v) is 14.3. The van der Waals surface area contributed by atoms with Crippen molar-refractivity contribution >= 4 is 5.91 Å². The van der Waals surface area contributed by atoms with Gasteiger partial charge in [0.2, 0.25) is 0 Å². The molecule has 1 aromatic rings. The van der Waals surface area contributed by atoms with Crippen LogP contribution in [0.4, 0.5) is 0 Å². The van der Waals surface area contributed by atoms with E-state index in [9.17, 15) is 4.79 Å². The van der Waals surface area contributed by atoms with Crippen molar-refractivity contribution in [1.82, 2.24) is 10.6 Å². The molecule has 0 saturated carbocycles. The maximum atomic E-state index is 11.9. The van der Waals surface area contributed by atoms with Gasteiger partial charge in [-0.2, -0.15) is 5.26 Å². The van der Waals surface area contributed by atoms with Crippen LogP contribution in [0.25, 0.3) is 0 Å². The van der Waals surface area contributed by atoms with Crippen molar-refractivity contribution in [3.8, 4) is 17.6 Å². The molecule has 1 aliphatic heterocycles. The van der Waals surface area contributed by atoms with Crippen molar-refractivity contribution in [3.05, 3.63) is 36.0 Å². The predicted molar refractivity (Wildman–Crippen MR) is 92.2 cm³/mol. The summed E-state index contributed by atoms with van der Waals surface area (Å²) in [5.41, 5.74) is 0.0300. The Balaban J connectivity index is 1.67. The fourth-order valence-electron chi connectivity index (χ4n) is 2.33. The molecule has 134 valence electrons. The molecule has 2 rings (SSSR count). The third kappa shape index (κ3) is 6.36. The first-order valence-electron chi connectivity index (χ1n) is 8.23. The van der Waals surface area contributed by atoms with Gasteiger partial charge in [0, 0.05) is 25.9 Å². The zero-order chi connectivity index (χ0) is 17.9. The summed E-state index contributed by atoms with van der Waals surface area (Å²) < 4.78 is 16.1. The normalized spacial score (nSPS) is 16.8. The van der Waals surface area contributed by atoms with E-state index in [1.807, 2.05) is 30.3 Å². The highest BCUT2D eigenvalue weighted by molar-refractivity contribution is 5.97. The summed E-state index contributed by atoms with van der Waals surface area (Å²) in [6.45, 7) is 2.03. The lowest BCUT2D eigenvalue weighted by Crippen LogP contribution is -2.33. The van der Waals surface area contributed by atoms with Crippen LogP contribution in [-0.4, -0.2) is 45.4 Å². The lowest BCUT2D eigenvalue weighted by atomic mass is 10.2. The van der Waals surface area contributed by atoms with E-state index < -0.39 is 5.91 Å². The van der Waals surface area contributed by atoms with Crippen LogP contribution in [0.3, 0.4) is 0 Å². The fraction of sp³-hybridized carbons (Fsp3) is 0.444. The minimum atomic E-state index is -0.401. The van der Waals surface area contributed by atoms with Gasteiger partial charge in [0.15, 0.2) is 0 Å². The second kappa shape index (κ2) is 10.2. The quantitative estimate of drug-likeness (QED) is 0.399. The highest BCUT2D eigenvalue weighted by atomic mass is 16.5. The maximum Gasteiger partial charge on any atom is 0.263 e. The van der Waals surface area contributed by atoms with Crippen LogP contribution >= 0.6 is 0 Å². The highest BCUT2D eigenvalue weighted by Crippen LogP contribution is 2.16. The number of nitrogens with one attached hydrogen (secondary N) is 2. The number of hydrogen-bond donors (Lipinski definition) is 2. The summed E-state index contributed by atoms with van der Waals surface area (Å²) >= 11 is 0. The summed E-state index contributed by atoms with van der Waals surface area (Å²) in [5.74, 6) is 1.09. The van der Waals surface area contributed by atoms with Crippen molar-refractivity contribution in [1.29, 1.82) is 5.26 Å². The van der Waals surface area contributed by atoms with Crippen LogP contribution < -0.4 is 20.1 Å². The number of carbonyl (C=O) groups is 1. The van der Waals surface area contributed by atoms with E-state index in [1.165, 1.54) is 6.20 Å². The van der Waals surface area contributed by atoms with E-state index in [2.05, 4.69) is 10.6 Å². The lowest BCUT2D eigenvalue weighted by Gasteiger charge is -2.10. The van der Waals surface area contributed by atoms with E-state index >= 15 is 0 Å². The summed E-state index contributed by atoms with van der Waals surface area (Å²) in [7, 11) is 1.61. The maximum absolute atomic E-state index is 11.9. The van der Waals surface area contributed by atoms with Crippen molar-refractivity contribution in [2.24, 2.45) is 0 Å². The lowest BCUT2D eigenvalue weighted by molar-refractivity contribution is -0.117. The molecule has 1 unspecified atom stereocenters. The molecule has 1 aliphatic rings. The predicted octanol–water partition coefficient (Wildman–Crippen LogP) is 1.37. The number of carbonyl (C=O) groups excluding carboxylic acids is 1. The average Bonchev–Trinajstić information content (AvgIpc) is 3.17. The standard InChI is InChI=1S/C18H23N3O4/c1-23-15-4-6-16(7-5-15)25-10-8-20-12-14(11-19)18(22)21-13-17-3-2-9-24-17/h4-7,12,17,20H,2-3,8-10,13H2,1H3,(H,21,22)/b14-12-. The van der Waals surface area contributed by atoms with Crippen LogP contribution in [-0.2, 0) is 9.53 Å². The Morgan fingerprint density at radius 2 is 2.16 bits per heavy atom. The van der Waals surface area contributed by atoms with Crippen molar-refractivity contribution in [3.63, 3.8) is 0 Å². The molecule has 0 bridgehead atoms. The molecule has 0 aliphatic carbocycles. The summed E-state index contributed by atoms with van der Waals surface area (Å²) in [5, 5.41) is 14.7. The molecule has 25 heavy (non-hydrogen) atoms. The SMILES string of the molecule is COc1ccc(OCCN/C=C(/C#N)C(=O)NCC2CCCO2)cc1. The molecule has 1 heterocycles. The van der Waals surface area contributed by atoms with E-state index in [1.54, 1.807) is 7.11 Å². The van der Waals surface area contributed by atoms with Gasteiger partial charge in [-0.1, -0.05) is 0 Å². The number of ether oxygens (including phenoxy) is 3. The van der Waals surface area contributed by atoms with Crippen LogP contribution in [0, 0.1) is 11.3 Å². The van der Waals surface area contributed by atoms with Gasteiger partial charge in [-0.05, 0) is 37.1 Å². The Kier molecular flexibility index (Phi) is 7.60. The Morgan fingerprint density at radius 1 is 1.40 bits per heavy atom. The molecule has 2 N–H and O–H groups in total.